The van der Waals surface area contributed by atoms with Crippen LogP contribution in [0.2, 0.25) is 0 Å². The van der Waals surface area contributed by atoms with Crippen LogP contribution in [0.15, 0.2) is 77.7 Å². The van der Waals surface area contributed by atoms with Crippen molar-refractivity contribution in [3.05, 3.63) is 89.5 Å². The molecule has 0 saturated heterocycles. The molecule has 3 aromatic rings. The fraction of sp³-hybridized carbons (Fsp3) is 0.143. The molecule has 0 bridgehead atoms. The average molecular weight is 365 g/mol. The molecule has 0 amide bonds. The van der Waals surface area contributed by atoms with Gasteiger partial charge in [0.25, 0.3) is 0 Å². The van der Waals surface area contributed by atoms with Gasteiger partial charge in [-0.1, -0.05) is 54.1 Å². The van der Waals surface area contributed by atoms with Gasteiger partial charge in [0, 0.05) is 18.2 Å². The van der Waals surface area contributed by atoms with Crippen molar-refractivity contribution >= 4 is 10.0 Å². The Morgan fingerprint density at radius 1 is 0.808 bits per heavy atom. The van der Waals surface area contributed by atoms with Crippen molar-refractivity contribution < 1.29 is 13.2 Å². The Morgan fingerprint density at radius 2 is 1.31 bits per heavy atom. The van der Waals surface area contributed by atoms with Crippen LogP contribution in [0.25, 0.3) is 0 Å². The third kappa shape index (κ3) is 2.69. The summed E-state index contributed by atoms with van der Waals surface area (Å²) >= 11 is 0. The van der Waals surface area contributed by atoms with Gasteiger partial charge < -0.3 is 4.74 Å². The first-order chi connectivity index (χ1) is 12.5. The Balaban J connectivity index is 1.86. The smallest absolute Gasteiger partial charge is 0.243 e. The van der Waals surface area contributed by atoms with E-state index in [-0.39, 0.29) is 4.90 Å². The minimum Gasteiger partial charge on any atom is -0.457 e. The molecule has 26 heavy (non-hydrogen) atoms. The molecular weight excluding hydrogens is 346 g/mol. The Hall–Kier alpha value is -2.63. The number of nitrogens with zero attached hydrogens (tertiary/aromatic N) is 1. The van der Waals surface area contributed by atoms with Gasteiger partial charge in [0.1, 0.15) is 11.5 Å². The van der Waals surface area contributed by atoms with Crippen LogP contribution in [-0.4, -0.2) is 19.8 Å². The fourth-order valence-electron chi connectivity index (χ4n) is 3.29. The molecule has 0 saturated carbocycles. The molecule has 0 atom stereocenters. The van der Waals surface area contributed by atoms with E-state index in [4.69, 9.17) is 4.74 Å². The molecule has 0 fully saturated rings. The molecule has 0 N–H and O–H groups in total. The van der Waals surface area contributed by atoms with Gasteiger partial charge in [-0.25, -0.2) is 8.42 Å². The van der Waals surface area contributed by atoms with E-state index in [0.29, 0.717) is 11.5 Å². The third-order valence-electron chi connectivity index (χ3n) is 4.71. The molecule has 5 heteroatoms. The van der Waals surface area contributed by atoms with E-state index in [1.54, 1.807) is 19.2 Å². The summed E-state index contributed by atoms with van der Waals surface area (Å²) in [7, 11) is -2.04. The van der Waals surface area contributed by atoms with Gasteiger partial charge in [-0.15, -0.1) is 0 Å². The van der Waals surface area contributed by atoms with Crippen molar-refractivity contribution in [2.45, 2.75) is 17.9 Å². The standard InChI is InChI=1S/C21H19NO3S/c1-15-11-13-16(14-12-15)26(23,24)22(2)21-17-7-3-5-9-19(17)25-20-10-6-4-8-18(20)21/h3-14,21H,1-2H3. The number of rotatable bonds is 3. The molecular formula is C21H19NO3S. The summed E-state index contributed by atoms with van der Waals surface area (Å²) in [5, 5.41) is 0. The number of para-hydroxylation sites is 2. The van der Waals surface area contributed by atoms with Gasteiger partial charge in [0.15, 0.2) is 0 Å². The summed E-state index contributed by atoms with van der Waals surface area (Å²) in [5.74, 6) is 1.37. The summed E-state index contributed by atoms with van der Waals surface area (Å²) in [6.45, 7) is 1.94. The molecule has 1 heterocycles. The van der Waals surface area contributed by atoms with E-state index in [2.05, 4.69) is 0 Å². The highest BCUT2D eigenvalue weighted by atomic mass is 32.2. The lowest BCUT2D eigenvalue weighted by atomic mass is 9.95. The molecule has 0 aromatic heterocycles. The van der Waals surface area contributed by atoms with E-state index in [9.17, 15) is 8.42 Å². The lowest BCUT2D eigenvalue weighted by Gasteiger charge is -2.33. The predicted molar refractivity (Wildman–Crippen MR) is 101 cm³/mol. The molecule has 0 spiro atoms. The van der Waals surface area contributed by atoms with Crippen LogP contribution in [0.3, 0.4) is 0 Å². The number of sulfonamides is 1. The predicted octanol–water partition coefficient (Wildman–Crippen LogP) is 4.51. The minimum absolute atomic E-state index is 0.284. The van der Waals surface area contributed by atoms with E-state index in [1.165, 1.54) is 4.31 Å². The number of aryl methyl sites for hydroxylation is 1. The minimum atomic E-state index is -3.66. The normalized spacial score (nSPS) is 13.8. The lowest BCUT2D eigenvalue weighted by Crippen LogP contribution is -2.33. The monoisotopic (exact) mass is 365 g/mol. The maximum Gasteiger partial charge on any atom is 0.243 e. The van der Waals surface area contributed by atoms with Gasteiger partial charge >= 0.3 is 0 Å². The van der Waals surface area contributed by atoms with Gasteiger partial charge in [-0.2, -0.15) is 4.31 Å². The Morgan fingerprint density at radius 3 is 1.85 bits per heavy atom. The molecule has 0 aliphatic carbocycles. The van der Waals surface area contributed by atoms with Gasteiger partial charge in [0.2, 0.25) is 10.0 Å². The van der Waals surface area contributed by atoms with E-state index in [0.717, 1.165) is 16.7 Å². The molecule has 0 unspecified atom stereocenters. The van der Waals surface area contributed by atoms with Gasteiger partial charge in [-0.05, 0) is 31.2 Å². The highest BCUT2D eigenvalue weighted by Crippen LogP contribution is 2.46. The van der Waals surface area contributed by atoms with Crippen LogP contribution < -0.4 is 4.74 Å². The SMILES string of the molecule is Cc1ccc(S(=O)(=O)N(C)C2c3ccccc3Oc3ccccc32)cc1. The second kappa shape index (κ2) is 6.27. The first-order valence-corrected chi connectivity index (χ1v) is 9.83. The molecule has 3 aromatic carbocycles. The van der Waals surface area contributed by atoms with E-state index >= 15 is 0 Å². The summed E-state index contributed by atoms with van der Waals surface area (Å²) in [5.41, 5.74) is 2.70. The lowest BCUT2D eigenvalue weighted by molar-refractivity contribution is 0.367. The first kappa shape index (κ1) is 16.8. The van der Waals surface area contributed by atoms with Crippen molar-refractivity contribution in [1.82, 2.24) is 4.31 Å². The molecule has 0 radical (unpaired) electrons. The van der Waals surface area contributed by atoms with E-state index in [1.807, 2.05) is 67.6 Å². The highest BCUT2D eigenvalue weighted by molar-refractivity contribution is 7.89. The zero-order valence-electron chi connectivity index (χ0n) is 14.6. The number of fused-ring (bicyclic) bond motifs is 2. The average Bonchev–Trinajstić information content (AvgIpc) is 2.66. The Labute approximate surface area is 153 Å². The molecule has 4 nitrogen and oxygen atoms in total. The summed E-state index contributed by atoms with van der Waals surface area (Å²) < 4.78 is 33.9. The summed E-state index contributed by atoms with van der Waals surface area (Å²) in [6.07, 6.45) is 0. The second-order valence-electron chi connectivity index (χ2n) is 6.41. The van der Waals surface area contributed by atoms with Crippen molar-refractivity contribution in [2.75, 3.05) is 7.05 Å². The maximum atomic E-state index is 13.2. The van der Waals surface area contributed by atoms with Crippen LogP contribution in [0, 0.1) is 6.92 Å². The van der Waals surface area contributed by atoms with Gasteiger partial charge in [0.05, 0.1) is 10.9 Å². The number of benzene rings is 3. The Bertz CT molecular complexity index is 1010. The Kier molecular flexibility index (Phi) is 4.05. The molecule has 1 aliphatic rings. The van der Waals surface area contributed by atoms with Crippen molar-refractivity contribution in [1.29, 1.82) is 0 Å². The highest BCUT2D eigenvalue weighted by Gasteiger charge is 2.36. The molecule has 4 rings (SSSR count). The van der Waals surface area contributed by atoms with Crippen LogP contribution in [0.1, 0.15) is 22.7 Å². The maximum absolute atomic E-state index is 13.2. The fourth-order valence-corrected chi connectivity index (χ4v) is 4.61. The quantitative estimate of drug-likeness (QED) is 0.686. The topological polar surface area (TPSA) is 46.6 Å². The van der Waals surface area contributed by atoms with Crippen molar-refractivity contribution in [3.8, 4) is 11.5 Å². The molecule has 132 valence electrons. The van der Waals surface area contributed by atoms with Gasteiger partial charge in [-0.3, -0.25) is 0 Å². The third-order valence-corrected chi connectivity index (χ3v) is 6.55. The van der Waals surface area contributed by atoms with Crippen LogP contribution in [-0.2, 0) is 10.0 Å². The van der Waals surface area contributed by atoms with Crippen molar-refractivity contribution in [3.63, 3.8) is 0 Å². The summed E-state index contributed by atoms with van der Waals surface area (Å²) in [4.78, 5) is 0.284. The second-order valence-corrected chi connectivity index (χ2v) is 8.41. The number of ether oxygens (including phenoxy) is 1. The van der Waals surface area contributed by atoms with Crippen LogP contribution >= 0.6 is 0 Å². The van der Waals surface area contributed by atoms with Crippen LogP contribution in [0.4, 0.5) is 0 Å². The number of hydrogen-bond donors (Lipinski definition) is 0. The number of hydrogen-bond acceptors (Lipinski definition) is 3. The summed E-state index contributed by atoms with van der Waals surface area (Å²) in [6, 6.07) is 21.6. The van der Waals surface area contributed by atoms with Crippen molar-refractivity contribution in [2.24, 2.45) is 0 Å². The van der Waals surface area contributed by atoms with Crippen LogP contribution in [0.5, 0.6) is 11.5 Å². The molecule has 1 aliphatic heterocycles. The zero-order chi connectivity index (χ0) is 18.3. The first-order valence-electron chi connectivity index (χ1n) is 8.39. The largest absolute Gasteiger partial charge is 0.457 e. The van der Waals surface area contributed by atoms with E-state index < -0.39 is 16.1 Å². The zero-order valence-corrected chi connectivity index (χ0v) is 15.4.